The van der Waals surface area contributed by atoms with Crippen molar-refractivity contribution in [1.29, 1.82) is 0 Å². The number of rotatable bonds is 8. The molecule has 8 heteroatoms. The van der Waals surface area contributed by atoms with Crippen LogP contribution in [0.4, 0.5) is 0 Å². The Hall–Kier alpha value is -0.990. The van der Waals surface area contributed by atoms with Gasteiger partial charge in [-0.2, -0.15) is 11.8 Å². The first kappa shape index (κ1) is 18.4. The number of amides is 1. The second-order valence-electron chi connectivity index (χ2n) is 5.74. The van der Waals surface area contributed by atoms with Crippen molar-refractivity contribution in [3.8, 4) is 0 Å². The van der Waals surface area contributed by atoms with Gasteiger partial charge >= 0.3 is 0 Å². The van der Waals surface area contributed by atoms with Crippen LogP contribution in [-0.4, -0.2) is 50.3 Å². The van der Waals surface area contributed by atoms with Gasteiger partial charge in [0.1, 0.15) is 5.76 Å². The smallest absolute Gasteiger partial charge is 0.224 e. The van der Waals surface area contributed by atoms with Crippen LogP contribution < -0.4 is 5.32 Å². The van der Waals surface area contributed by atoms with Crippen molar-refractivity contribution in [2.45, 2.75) is 25.0 Å². The molecular weight excluding hydrogens is 336 g/mol. The van der Waals surface area contributed by atoms with Gasteiger partial charge < -0.3 is 9.73 Å². The molecule has 0 saturated carbocycles. The first-order chi connectivity index (χ1) is 11.0. The molecule has 1 aliphatic rings. The van der Waals surface area contributed by atoms with Crippen LogP contribution in [0, 0.1) is 5.92 Å². The van der Waals surface area contributed by atoms with Crippen molar-refractivity contribution in [3.05, 3.63) is 24.2 Å². The minimum absolute atomic E-state index is 0.0330. The van der Waals surface area contributed by atoms with Crippen LogP contribution in [0.5, 0.6) is 0 Å². The topological polar surface area (TPSA) is 79.6 Å². The average Bonchev–Trinajstić information content (AvgIpc) is 3.03. The third-order valence-electron chi connectivity index (χ3n) is 3.81. The predicted octanol–water partition coefficient (Wildman–Crippen LogP) is 1.69. The molecule has 0 spiro atoms. The summed E-state index contributed by atoms with van der Waals surface area (Å²) in [5.41, 5.74) is 0. The molecular formula is C15H24N2O4S2. The highest BCUT2D eigenvalue weighted by atomic mass is 32.2. The summed E-state index contributed by atoms with van der Waals surface area (Å²) >= 11 is 1.77. The van der Waals surface area contributed by atoms with E-state index in [4.69, 9.17) is 4.42 Å². The zero-order chi connectivity index (χ0) is 16.7. The number of hydrogen-bond acceptors (Lipinski definition) is 5. The highest BCUT2D eigenvalue weighted by Crippen LogP contribution is 2.19. The zero-order valence-corrected chi connectivity index (χ0v) is 15.0. The van der Waals surface area contributed by atoms with E-state index >= 15 is 0 Å². The fourth-order valence-electron chi connectivity index (χ4n) is 2.56. The lowest BCUT2D eigenvalue weighted by molar-refractivity contribution is -0.126. The summed E-state index contributed by atoms with van der Waals surface area (Å²) in [5.74, 6) is 2.49. The van der Waals surface area contributed by atoms with Gasteiger partial charge in [-0.25, -0.2) is 12.7 Å². The lowest BCUT2D eigenvalue weighted by Crippen LogP contribution is -2.45. The maximum absolute atomic E-state index is 12.1. The van der Waals surface area contributed by atoms with Crippen LogP contribution in [0.2, 0.25) is 0 Å². The van der Waals surface area contributed by atoms with Crippen molar-refractivity contribution in [1.82, 2.24) is 9.62 Å². The minimum atomic E-state index is -3.21. The molecule has 0 unspecified atom stereocenters. The summed E-state index contributed by atoms with van der Waals surface area (Å²) in [5, 5.41) is 2.92. The molecule has 1 aliphatic heterocycles. The zero-order valence-electron chi connectivity index (χ0n) is 13.4. The van der Waals surface area contributed by atoms with Crippen molar-refractivity contribution in [2.75, 3.05) is 31.6 Å². The summed E-state index contributed by atoms with van der Waals surface area (Å²) in [6, 6.07) is 3.82. The largest absolute Gasteiger partial charge is 0.468 e. The van der Waals surface area contributed by atoms with E-state index in [2.05, 4.69) is 5.32 Å². The van der Waals surface area contributed by atoms with E-state index < -0.39 is 10.0 Å². The summed E-state index contributed by atoms with van der Waals surface area (Å²) in [6.45, 7) is 1.45. The highest BCUT2D eigenvalue weighted by molar-refractivity contribution is 7.98. The fourth-order valence-corrected chi connectivity index (χ4v) is 4.32. The summed E-state index contributed by atoms with van der Waals surface area (Å²) < 4.78 is 29.8. The second-order valence-corrected chi connectivity index (χ2v) is 8.82. The maximum atomic E-state index is 12.1. The van der Waals surface area contributed by atoms with Crippen LogP contribution >= 0.6 is 11.8 Å². The Balaban J connectivity index is 1.61. The van der Waals surface area contributed by atoms with Crippen LogP contribution in [0.1, 0.15) is 25.0 Å². The van der Waals surface area contributed by atoms with E-state index in [1.807, 2.05) is 12.1 Å². The Kier molecular flexibility index (Phi) is 6.98. The molecule has 1 aromatic heterocycles. The molecule has 130 valence electrons. The summed E-state index contributed by atoms with van der Waals surface area (Å²) in [6.07, 6.45) is 5.25. The summed E-state index contributed by atoms with van der Waals surface area (Å²) in [7, 11) is -3.21. The normalized spacial score (nSPS) is 19.6. The van der Waals surface area contributed by atoms with E-state index in [0.29, 0.717) is 19.6 Å². The molecule has 1 N–H and O–H groups in total. The van der Waals surface area contributed by atoms with Gasteiger partial charge in [0.05, 0.1) is 24.2 Å². The number of nitrogens with one attached hydrogen (secondary N) is 1. The Labute approximate surface area is 142 Å². The number of hydrogen-bond donors (Lipinski definition) is 1. The molecule has 1 atom stereocenters. The molecule has 1 fully saturated rings. The van der Waals surface area contributed by atoms with Gasteiger partial charge in [0.15, 0.2) is 0 Å². The lowest BCUT2D eigenvalue weighted by Gasteiger charge is -2.30. The Morgan fingerprint density at radius 3 is 3.04 bits per heavy atom. The summed E-state index contributed by atoms with van der Waals surface area (Å²) in [4.78, 5) is 12.1. The number of nitrogens with zero attached hydrogens (tertiary/aromatic N) is 1. The number of sulfonamides is 1. The molecule has 23 heavy (non-hydrogen) atoms. The number of thioether (sulfide) groups is 1. The highest BCUT2D eigenvalue weighted by Gasteiger charge is 2.29. The van der Waals surface area contributed by atoms with Crippen LogP contribution in [0.25, 0.3) is 0 Å². The molecule has 0 aromatic carbocycles. The molecule has 0 radical (unpaired) electrons. The maximum Gasteiger partial charge on any atom is 0.224 e. The van der Waals surface area contributed by atoms with Gasteiger partial charge in [0.25, 0.3) is 0 Å². The van der Waals surface area contributed by atoms with Gasteiger partial charge in [-0.1, -0.05) is 0 Å². The number of furan rings is 1. The quantitative estimate of drug-likeness (QED) is 0.714. The second kappa shape index (κ2) is 8.75. The van der Waals surface area contributed by atoms with Gasteiger partial charge in [0, 0.05) is 19.6 Å². The Morgan fingerprint density at radius 1 is 1.52 bits per heavy atom. The molecule has 0 bridgehead atoms. The van der Waals surface area contributed by atoms with Gasteiger partial charge in [0.2, 0.25) is 15.9 Å². The monoisotopic (exact) mass is 360 g/mol. The lowest BCUT2D eigenvalue weighted by atomic mass is 9.99. The number of carbonyl (C=O) groups excluding carboxylic acids is 1. The van der Waals surface area contributed by atoms with Crippen LogP contribution in [-0.2, 0) is 20.6 Å². The van der Waals surface area contributed by atoms with Gasteiger partial charge in [-0.05, 0) is 37.1 Å². The number of piperidine rings is 1. The molecule has 2 rings (SSSR count). The first-order valence-corrected chi connectivity index (χ1v) is 10.8. The van der Waals surface area contributed by atoms with Crippen molar-refractivity contribution >= 4 is 27.7 Å². The van der Waals surface area contributed by atoms with Crippen molar-refractivity contribution < 1.29 is 17.6 Å². The molecule has 2 heterocycles. The third kappa shape index (κ3) is 6.19. The van der Waals surface area contributed by atoms with Crippen LogP contribution in [0.15, 0.2) is 22.8 Å². The molecule has 6 nitrogen and oxygen atoms in total. The van der Waals surface area contributed by atoms with E-state index in [1.165, 1.54) is 10.6 Å². The fraction of sp³-hybridized carbons (Fsp3) is 0.667. The minimum Gasteiger partial charge on any atom is -0.468 e. The average molecular weight is 361 g/mol. The van der Waals surface area contributed by atoms with Gasteiger partial charge in [-0.15, -0.1) is 0 Å². The van der Waals surface area contributed by atoms with Crippen molar-refractivity contribution in [3.63, 3.8) is 0 Å². The molecule has 1 aromatic rings. The SMILES string of the molecule is CS(=O)(=O)N1CCC[C@@H](C(=O)NCCCSCc2ccco2)C1. The van der Waals surface area contributed by atoms with Gasteiger partial charge in [-0.3, -0.25) is 4.79 Å². The first-order valence-electron chi connectivity index (χ1n) is 7.80. The van der Waals surface area contributed by atoms with E-state index in [0.717, 1.165) is 36.5 Å². The van der Waals surface area contributed by atoms with E-state index in [9.17, 15) is 13.2 Å². The number of carbonyl (C=O) groups is 1. The van der Waals surface area contributed by atoms with E-state index in [-0.39, 0.29) is 11.8 Å². The molecule has 1 amide bonds. The standard InChI is InChI=1S/C15H24N2O4S2/c1-23(19,20)17-8-2-5-13(11-17)15(18)16-7-4-10-22-12-14-6-3-9-21-14/h3,6,9,13H,2,4-5,7-8,10-12H2,1H3,(H,16,18)/t13-/m1/s1. The Bertz CT molecular complexity index is 587. The Morgan fingerprint density at radius 2 is 2.35 bits per heavy atom. The molecule has 1 saturated heterocycles. The van der Waals surface area contributed by atoms with Crippen molar-refractivity contribution in [2.24, 2.45) is 5.92 Å². The van der Waals surface area contributed by atoms with E-state index in [1.54, 1.807) is 18.0 Å². The van der Waals surface area contributed by atoms with Crippen LogP contribution in [0.3, 0.4) is 0 Å². The molecule has 0 aliphatic carbocycles. The predicted molar refractivity (Wildman–Crippen MR) is 91.6 cm³/mol. The third-order valence-corrected chi connectivity index (χ3v) is 6.15.